The lowest BCUT2D eigenvalue weighted by molar-refractivity contribution is 0.477. The maximum absolute atomic E-state index is 13.9. The van der Waals surface area contributed by atoms with Crippen LogP contribution < -0.4 is 5.32 Å². The molecule has 1 N–H and O–H groups in total. The van der Waals surface area contributed by atoms with Crippen molar-refractivity contribution in [3.8, 4) is 0 Å². The van der Waals surface area contributed by atoms with Gasteiger partial charge in [-0.2, -0.15) is 0 Å². The summed E-state index contributed by atoms with van der Waals surface area (Å²) in [6.45, 7) is 4.56. The molecule has 2 rings (SSSR count). The summed E-state index contributed by atoms with van der Waals surface area (Å²) >= 11 is 0. The second-order valence-electron chi connectivity index (χ2n) is 4.52. The van der Waals surface area contributed by atoms with Crippen LogP contribution in [-0.2, 0) is 0 Å². The molecule has 0 bridgehead atoms. The number of halogens is 2. The van der Waals surface area contributed by atoms with Crippen molar-refractivity contribution in [1.82, 2.24) is 5.32 Å². The van der Waals surface area contributed by atoms with Crippen LogP contribution in [0.4, 0.5) is 8.78 Å². The largest absolute Gasteiger partial charge is 0.469 e. The molecule has 0 amide bonds. The van der Waals surface area contributed by atoms with Gasteiger partial charge >= 0.3 is 0 Å². The Morgan fingerprint density at radius 1 is 1.32 bits per heavy atom. The van der Waals surface area contributed by atoms with Crippen molar-refractivity contribution in [2.75, 3.05) is 6.54 Å². The zero-order valence-electron chi connectivity index (χ0n) is 11.0. The minimum absolute atomic E-state index is 0.300. The molecule has 0 radical (unpaired) electrons. The van der Waals surface area contributed by atoms with Gasteiger partial charge in [-0.15, -0.1) is 0 Å². The van der Waals surface area contributed by atoms with E-state index in [1.165, 1.54) is 6.07 Å². The van der Waals surface area contributed by atoms with Crippen LogP contribution in [-0.4, -0.2) is 6.54 Å². The normalized spacial score (nSPS) is 12.6. The summed E-state index contributed by atoms with van der Waals surface area (Å²) in [6.07, 6.45) is 2.48. The molecular formula is C15H17F2NO. The van der Waals surface area contributed by atoms with Gasteiger partial charge in [-0.25, -0.2) is 8.78 Å². The Bertz CT molecular complexity index is 551. The molecule has 0 aliphatic heterocycles. The molecule has 2 aromatic rings. The third kappa shape index (κ3) is 3.01. The molecule has 102 valence electrons. The molecule has 1 aromatic carbocycles. The van der Waals surface area contributed by atoms with Gasteiger partial charge in [0.05, 0.1) is 12.3 Å². The first-order valence-electron chi connectivity index (χ1n) is 6.35. The summed E-state index contributed by atoms with van der Waals surface area (Å²) in [7, 11) is 0. The van der Waals surface area contributed by atoms with Crippen molar-refractivity contribution >= 4 is 0 Å². The summed E-state index contributed by atoms with van der Waals surface area (Å²) in [4.78, 5) is 0. The average Bonchev–Trinajstić information content (AvgIpc) is 2.81. The topological polar surface area (TPSA) is 25.2 Å². The number of benzene rings is 1. The standard InChI is InChI=1S/C15H17F2NO/c1-3-7-18-15(11-8-10(2)19-9-11)12-5-4-6-13(16)14(12)17/h4-6,8-9,15,18H,3,7H2,1-2H3. The van der Waals surface area contributed by atoms with Gasteiger partial charge in [-0.3, -0.25) is 0 Å². The number of nitrogens with one attached hydrogen (secondary N) is 1. The summed E-state index contributed by atoms with van der Waals surface area (Å²) in [5.41, 5.74) is 1.10. The van der Waals surface area contributed by atoms with E-state index < -0.39 is 17.7 Å². The lowest BCUT2D eigenvalue weighted by Crippen LogP contribution is -2.24. The second-order valence-corrected chi connectivity index (χ2v) is 4.52. The van der Waals surface area contributed by atoms with Gasteiger partial charge in [-0.05, 0) is 32.0 Å². The maximum Gasteiger partial charge on any atom is 0.163 e. The van der Waals surface area contributed by atoms with E-state index >= 15 is 0 Å². The SMILES string of the molecule is CCCNC(c1coc(C)c1)c1cccc(F)c1F. The zero-order valence-corrected chi connectivity index (χ0v) is 11.0. The third-order valence-electron chi connectivity index (χ3n) is 2.98. The fraction of sp³-hybridized carbons (Fsp3) is 0.333. The first kappa shape index (κ1) is 13.7. The first-order valence-corrected chi connectivity index (χ1v) is 6.35. The minimum Gasteiger partial charge on any atom is -0.469 e. The van der Waals surface area contributed by atoms with E-state index in [1.807, 2.05) is 19.9 Å². The second kappa shape index (κ2) is 5.97. The predicted octanol–water partition coefficient (Wildman–Crippen LogP) is 3.96. The van der Waals surface area contributed by atoms with E-state index in [2.05, 4.69) is 5.32 Å². The highest BCUT2D eigenvalue weighted by molar-refractivity contribution is 5.32. The van der Waals surface area contributed by atoms with Crippen LogP contribution in [0.1, 0.15) is 36.3 Å². The molecular weight excluding hydrogens is 248 g/mol. The van der Waals surface area contributed by atoms with Crippen molar-refractivity contribution in [3.63, 3.8) is 0 Å². The highest BCUT2D eigenvalue weighted by atomic mass is 19.2. The number of hydrogen-bond acceptors (Lipinski definition) is 2. The van der Waals surface area contributed by atoms with Gasteiger partial charge in [0.1, 0.15) is 5.76 Å². The molecule has 4 heteroatoms. The Kier molecular flexibility index (Phi) is 4.32. The molecule has 1 unspecified atom stereocenters. The van der Waals surface area contributed by atoms with E-state index in [9.17, 15) is 8.78 Å². The first-order chi connectivity index (χ1) is 9.13. The van der Waals surface area contributed by atoms with Crippen LogP contribution in [0.15, 0.2) is 34.9 Å². The number of furan rings is 1. The number of hydrogen-bond donors (Lipinski definition) is 1. The fourth-order valence-corrected chi connectivity index (χ4v) is 2.05. The Morgan fingerprint density at radius 3 is 2.74 bits per heavy atom. The monoisotopic (exact) mass is 265 g/mol. The quantitative estimate of drug-likeness (QED) is 0.885. The molecule has 0 spiro atoms. The van der Waals surface area contributed by atoms with Crippen molar-refractivity contribution in [3.05, 3.63) is 59.1 Å². The van der Waals surface area contributed by atoms with Gasteiger partial charge < -0.3 is 9.73 Å². The van der Waals surface area contributed by atoms with E-state index in [0.717, 1.165) is 23.8 Å². The molecule has 0 saturated heterocycles. The van der Waals surface area contributed by atoms with Gasteiger partial charge in [0.15, 0.2) is 11.6 Å². The van der Waals surface area contributed by atoms with E-state index in [-0.39, 0.29) is 0 Å². The van der Waals surface area contributed by atoms with Gasteiger partial charge in [0.2, 0.25) is 0 Å². The Hall–Kier alpha value is -1.68. The Balaban J connectivity index is 2.39. The summed E-state index contributed by atoms with van der Waals surface area (Å²) < 4.78 is 32.5. The minimum atomic E-state index is -0.832. The van der Waals surface area contributed by atoms with Gasteiger partial charge in [-0.1, -0.05) is 19.1 Å². The molecule has 1 aromatic heterocycles. The lowest BCUT2D eigenvalue weighted by atomic mass is 10.00. The van der Waals surface area contributed by atoms with Crippen LogP contribution in [0.2, 0.25) is 0 Å². The summed E-state index contributed by atoms with van der Waals surface area (Å²) in [5.74, 6) is -0.897. The van der Waals surface area contributed by atoms with Crippen molar-refractivity contribution in [2.45, 2.75) is 26.3 Å². The third-order valence-corrected chi connectivity index (χ3v) is 2.98. The number of aryl methyl sites for hydroxylation is 1. The predicted molar refractivity (Wildman–Crippen MR) is 69.9 cm³/mol. The maximum atomic E-state index is 13.9. The molecule has 19 heavy (non-hydrogen) atoms. The van der Waals surface area contributed by atoms with Gasteiger partial charge in [0, 0.05) is 11.1 Å². The smallest absolute Gasteiger partial charge is 0.163 e. The molecule has 1 heterocycles. The molecule has 2 nitrogen and oxygen atoms in total. The van der Waals surface area contributed by atoms with Crippen LogP contribution in [0.25, 0.3) is 0 Å². The molecule has 0 aliphatic carbocycles. The summed E-state index contributed by atoms with van der Waals surface area (Å²) in [6, 6.07) is 5.66. The Labute approximate surface area is 111 Å². The Morgan fingerprint density at radius 2 is 2.11 bits per heavy atom. The van der Waals surface area contributed by atoms with Crippen molar-refractivity contribution in [1.29, 1.82) is 0 Å². The van der Waals surface area contributed by atoms with E-state index in [4.69, 9.17) is 4.42 Å². The van der Waals surface area contributed by atoms with E-state index in [1.54, 1.807) is 12.3 Å². The lowest BCUT2D eigenvalue weighted by Gasteiger charge is -2.18. The van der Waals surface area contributed by atoms with Crippen LogP contribution in [0.5, 0.6) is 0 Å². The highest BCUT2D eigenvalue weighted by Gasteiger charge is 2.20. The number of rotatable bonds is 5. The molecule has 0 aliphatic rings. The van der Waals surface area contributed by atoms with Crippen molar-refractivity contribution < 1.29 is 13.2 Å². The van der Waals surface area contributed by atoms with Crippen LogP contribution in [0.3, 0.4) is 0 Å². The summed E-state index contributed by atoms with van der Waals surface area (Å²) in [5, 5.41) is 3.22. The fourth-order valence-electron chi connectivity index (χ4n) is 2.05. The molecule has 0 fully saturated rings. The molecule has 0 saturated carbocycles. The van der Waals surface area contributed by atoms with Crippen LogP contribution in [0, 0.1) is 18.6 Å². The highest BCUT2D eigenvalue weighted by Crippen LogP contribution is 2.27. The average molecular weight is 265 g/mol. The van der Waals surface area contributed by atoms with Crippen molar-refractivity contribution in [2.24, 2.45) is 0 Å². The van der Waals surface area contributed by atoms with Gasteiger partial charge in [0.25, 0.3) is 0 Å². The van der Waals surface area contributed by atoms with E-state index in [0.29, 0.717) is 12.1 Å². The zero-order chi connectivity index (χ0) is 13.8. The van der Waals surface area contributed by atoms with Crippen LogP contribution >= 0.6 is 0 Å². The molecule has 1 atom stereocenters.